The number of allylic oxidation sites excluding steroid dienone is 1. The third kappa shape index (κ3) is 3.06. The molecule has 0 aliphatic rings. The van der Waals surface area contributed by atoms with Crippen LogP contribution in [0.1, 0.15) is 13.3 Å². The Balaban J connectivity index is 0.000000213. The Bertz CT molecular complexity index is 322. The SMILES string of the molecule is C=CCC.c1ccc2ccccc2c1. The molecule has 0 saturated carbocycles. The van der Waals surface area contributed by atoms with Gasteiger partial charge in [-0.05, 0) is 17.2 Å². The highest BCUT2D eigenvalue weighted by Gasteiger charge is 1.85. The standard InChI is InChI=1S/C10H8.C4H8/c1-2-6-10-8-4-3-7-9(10)5-1;1-3-4-2/h1-8H;3H,1,4H2,2H3. The summed E-state index contributed by atoms with van der Waals surface area (Å²) >= 11 is 0. The van der Waals surface area contributed by atoms with Crippen LogP contribution >= 0.6 is 0 Å². The number of hydrogen-bond acceptors (Lipinski definition) is 0. The Morgan fingerprint density at radius 3 is 1.43 bits per heavy atom. The van der Waals surface area contributed by atoms with E-state index in [2.05, 4.69) is 62.0 Å². The van der Waals surface area contributed by atoms with Crippen LogP contribution < -0.4 is 0 Å². The van der Waals surface area contributed by atoms with Crippen molar-refractivity contribution in [3.05, 3.63) is 61.2 Å². The van der Waals surface area contributed by atoms with E-state index in [9.17, 15) is 0 Å². The monoisotopic (exact) mass is 184 g/mol. The van der Waals surface area contributed by atoms with Crippen molar-refractivity contribution in [3.8, 4) is 0 Å². The molecule has 0 spiro atoms. The lowest BCUT2D eigenvalue weighted by Gasteiger charge is -1.92. The molecule has 0 atom stereocenters. The Morgan fingerprint density at radius 2 is 1.21 bits per heavy atom. The summed E-state index contributed by atoms with van der Waals surface area (Å²) in [4.78, 5) is 0. The van der Waals surface area contributed by atoms with Crippen molar-refractivity contribution in [2.75, 3.05) is 0 Å². The fourth-order valence-electron chi connectivity index (χ4n) is 1.13. The molecule has 0 aliphatic carbocycles. The summed E-state index contributed by atoms with van der Waals surface area (Å²) in [5.74, 6) is 0. The highest BCUT2D eigenvalue weighted by atomic mass is 13.9. The molecule has 0 unspecified atom stereocenters. The predicted molar refractivity (Wildman–Crippen MR) is 64.4 cm³/mol. The van der Waals surface area contributed by atoms with E-state index in [0.29, 0.717) is 0 Å². The molecular formula is C14H16. The molecule has 2 rings (SSSR count). The summed E-state index contributed by atoms with van der Waals surface area (Å²) in [6.45, 7) is 5.54. The summed E-state index contributed by atoms with van der Waals surface area (Å²) in [7, 11) is 0. The predicted octanol–water partition coefficient (Wildman–Crippen LogP) is 4.42. The highest BCUT2D eigenvalue weighted by Crippen LogP contribution is 2.11. The third-order valence-electron chi connectivity index (χ3n) is 1.95. The van der Waals surface area contributed by atoms with Crippen LogP contribution in [0, 0.1) is 0 Å². The molecule has 0 fully saturated rings. The van der Waals surface area contributed by atoms with E-state index >= 15 is 0 Å². The smallest absolute Gasteiger partial charge is 0.0184 e. The summed E-state index contributed by atoms with van der Waals surface area (Å²) in [5.41, 5.74) is 0. The van der Waals surface area contributed by atoms with E-state index in [-0.39, 0.29) is 0 Å². The van der Waals surface area contributed by atoms with Crippen LogP contribution in [0.15, 0.2) is 61.2 Å². The molecule has 0 aliphatic heterocycles. The van der Waals surface area contributed by atoms with Gasteiger partial charge in [0.05, 0.1) is 0 Å². The average Bonchev–Trinajstić information content (AvgIpc) is 2.30. The maximum Gasteiger partial charge on any atom is -0.0184 e. The first-order valence-corrected chi connectivity index (χ1v) is 4.93. The molecule has 2 aromatic rings. The van der Waals surface area contributed by atoms with E-state index in [1.807, 2.05) is 6.08 Å². The number of rotatable bonds is 1. The molecule has 0 amide bonds. The van der Waals surface area contributed by atoms with Gasteiger partial charge in [-0.15, -0.1) is 6.58 Å². The van der Waals surface area contributed by atoms with Crippen molar-refractivity contribution in [2.45, 2.75) is 13.3 Å². The molecule has 72 valence electrons. The molecule has 0 aromatic heterocycles. The molecule has 0 N–H and O–H groups in total. The molecule has 0 radical (unpaired) electrons. The normalized spacial score (nSPS) is 8.93. The quantitative estimate of drug-likeness (QED) is 0.575. The summed E-state index contributed by atoms with van der Waals surface area (Å²) in [6, 6.07) is 16.7. The molecule has 0 nitrogen and oxygen atoms in total. The van der Waals surface area contributed by atoms with Gasteiger partial charge in [-0.25, -0.2) is 0 Å². The molecular weight excluding hydrogens is 168 g/mol. The number of hydrogen-bond donors (Lipinski definition) is 0. The van der Waals surface area contributed by atoms with Crippen LogP contribution in [0.5, 0.6) is 0 Å². The zero-order valence-corrected chi connectivity index (χ0v) is 8.61. The summed E-state index contributed by atoms with van der Waals surface area (Å²) in [6.07, 6.45) is 2.96. The highest BCUT2D eigenvalue weighted by molar-refractivity contribution is 5.81. The zero-order chi connectivity index (χ0) is 10.2. The van der Waals surface area contributed by atoms with Crippen LogP contribution in [-0.2, 0) is 0 Å². The largest absolute Gasteiger partial charge is 0.103 e. The second-order valence-corrected chi connectivity index (χ2v) is 3.04. The van der Waals surface area contributed by atoms with Crippen molar-refractivity contribution < 1.29 is 0 Å². The Hall–Kier alpha value is -1.56. The zero-order valence-electron chi connectivity index (χ0n) is 8.61. The van der Waals surface area contributed by atoms with Crippen LogP contribution in [0.25, 0.3) is 10.8 Å². The molecule has 14 heavy (non-hydrogen) atoms. The van der Waals surface area contributed by atoms with E-state index in [1.54, 1.807) is 0 Å². The van der Waals surface area contributed by atoms with Crippen molar-refractivity contribution in [1.29, 1.82) is 0 Å². The minimum Gasteiger partial charge on any atom is -0.103 e. The molecule has 0 heteroatoms. The van der Waals surface area contributed by atoms with Gasteiger partial charge < -0.3 is 0 Å². The van der Waals surface area contributed by atoms with Crippen LogP contribution in [0.3, 0.4) is 0 Å². The first-order chi connectivity index (χ1) is 6.88. The van der Waals surface area contributed by atoms with Gasteiger partial charge in [-0.3, -0.25) is 0 Å². The second kappa shape index (κ2) is 5.98. The van der Waals surface area contributed by atoms with E-state index in [0.717, 1.165) is 6.42 Å². The van der Waals surface area contributed by atoms with Crippen molar-refractivity contribution in [2.24, 2.45) is 0 Å². The first-order valence-electron chi connectivity index (χ1n) is 4.93. The van der Waals surface area contributed by atoms with Gasteiger partial charge in [0.1, 0.15) is 0 Å². The lowest BCUT2D eigenvalue weighted by atomic mass is 10.1. The lowest BCUT2D eigenvalue weighted by molar-refractivity contribution is 1.23. The molecule has 0 bridgehead atoms. The van der Waals surface area contributed by atoms with Crippen molar-refractivity contribution >= 4 is 10.8 Å². The summed E-state index contributed by atoms with van der Waals surface area (Å²) < 4.78 is 0. The summed E-state index contributed by atoms with van der Waals surface area (Å²) in [5, 5.41) is 2.62. The number of fused-ring (bicyclic) bond motifs is 1. The van der Waals surface area contributed by atoms with Gasteiger partial charge in [-0.2, -0.15) is 0 Å². The van der Waals surface area contributed by atoms with Gasteiger partial charge in [0.2, 0.25) is 0 Å². The van der Waals surface area contributed by atoms with Gasteiger partial charge in [-0.1, -0.05) is 61.5 Å². The van der Waals surface area contributed by atoms with Gasteiger partial charge in [0.25, 0.3) is 0 Å². The molecule has 2 aromatic carbocycles. The second-order valence-electron chi connectivity index (χ2n) is 3.04. The van der Waals surface area contributed by atoms with Gasteiger partial charge in [0, 0.05) is 0 Å². The average molecular weight is 184 g/mol. The van der Waals surface area contributed by atoms with Crippen LogP contribution in [0.2, 0.25) is 0 Å². The van der Waals surface area contributed by atoms with Crippen LogP contribution in [0.4, 0.5) is 0 Å². The van der Waals surface area contributed by atoms with Crippen molar-refractivity contribution in [3.63, 3.8) is 0 Å². The molecule has 0 saturated heterocycles. The maximum atomic E-state index is 3.48. The van der Waals surface area contributed by atoms with E-state index in [4.69, 9.17) is 0 Å². The van der Waals surface area contributed by atoms with Gasteiger partial charge in [0.15, 0.2) is 0 Å². The molecule has 0 heterocycles. The first kappa shape index (κ1) is 10.5. The number of benzene rings is 2. The van der Waals surface area contributed by atoms with E-state index < -0.39 is 0 Å². The van der Waals surface area contributed by atoms with Crippen LogP contribution in [-0.4, -0.2) is 0 Å². The third-order valence-corrected chi connectivity index (χ3v) is 1.95. The van der Waals surface area contributed by atoms with Crippen molar-refractivity contribution in [1.82, 2.24) is 0 Å². The van der Waals surface area contributed by atoms with Gasteiger partial charge >= 0.3 is 0 Å². The topological polar surface area (TPSA) is 0 Å². The fourth-order valence-corrected chi connectivity index (χ4v) is 1.13. The Morgan fingerprint density at radius 1 is 0.929 bits per heavy atom. The lowest BCUT2D eigenvalue weighted by Crippen LogP contribution is -1.67. The minimum atomic E-state index is 1.08. The van der Waals surface area contributed by atoms with E-state index in [1.165, 1.54) is 10.8 Å². The minimum absolute atomic E-state index is 1.08. The Kier molecular flexibility index (Phi) is 4.49. The maximum absolute atomic E-state index is 3.48. The fraction of sp³-hybridized carbons (Fsp3) is 0.143. The Labute approximate surface area is 85.9 Å².